The molecule has 3 rings (SSSR count). The molecule has 0 spiro atoms. The van der Waals surface area contributed by atoms with Crippen molar-refractivity contribution >= 4 is 29.1 Å². The number of benzene rings is 1. The van der Waals surface area contributed by atoms with Gasteiger partial charge in [0.2, 0.25) is 17.7 Å². The quantitative estimate of drug-likeness (QED) is 0.846. The van der Waals surface area contributed by atoms with E-state index in [2.05, 4.69) is 25.7 Å². The average molecular weight is 355 g/mol. The van der Waals surface area contributed by atoms with E-state index in [1.165, 1.54) is 6.08 Å². The van der Waals surface area contributed by atoms with Gasteiger partial charge in [-0.2, -0.15) is 0 Å². The second-order valence-electron chi connectivity index (χ2n) is 7.68. The third-order valence-corrected chi connectivity index (χ3v) is 5.26. The van der Waals surface area contributed by atoms with Crippen molar-refractivity contribution in [2.24, 2.45) is 5.92 Å². The minimum Gasteiger partial charge on any atom is -0.338 e. The van der Waals surface area contributed by atoms with Gasteiger partial charge in [0, 0.05) is 43.3 Å². The molecule has 0 bridgehead atoms. The molecule has 1 aromatic rings. The van der Waals surface area contributed by atoms with Crippen LogP contribution < -0.4 is 10.2 Å². The predicted octanol–water partition coefficient (Wildman–Crippen LogP) is 2.30. The highest BCUT2D eigenvalue weighted by atomic mass is 16.2. The van der Waals surface area contributed by atoms with Crippen LogP contribution in [0.2, 0.25) is 0 Å². The van der Waals surface area contributed by atoms with E-state index < -0.39 is 0 Å². The maximum atomic E-state index is 12.6. The van der Waals surface area contributed by atoms with Gasteiger partial charge in [-0.25, -0.2) is 0 Å². The summed E-state index contributed by atoms with van der Waals surface area (Å²) in [5.41, 5.74) is 2.52. The van der Waals surface area contributed by atoms with Crippen molar-refractivity contribution in [1.82, 2.24) is 4.90 Å². The Morgan fingerprint density at radius 3 is 2.69 bits per heavy atom. The Bertz CT molecular complexity index is 785. The van der Waals surface area contributed by atoms with E-state index in [1.807, 2.05) is 18.2 Å². The highest BCUT2D eigenvalue weighted by molar-refractivity contribution is 5.98. The lowest BCUT2D eigenvalue weighted by Gasteiger charge is -2.19. The van der Waals surface area contributed by atoms with E-state index in [0.717, 1.165) is 11.3 Å². The molecule has 0 aromatic heterocycles. The highest BCUT2D eigenvalue weighted by Gasteiger charge is 2.37. The van der Waals surface area contributed by atoms with Crippen LogP contribution in [-0.4, -0.2) is 42.3 Å². The Morgan fingerprint density at radius 2 is 2.04 bits per heavy atom. The first-order valence-corrected chi connectivity index (χ1v) is 8.88. The third-order valence-electron chi connectivity index (χ3n) is 5.26. The molecule has 138 valence electrons. The van der Waals surface area contributed by atoms with Crippen LogP contribution in [0.5, 0.6) is 0 Å². The molecule has 0 unspecified atom stereocenters. The summed E-state index contributed by atoms with van der Waals surface area (Å²) < 4.78 is 0. The molecule has 1 saturated heterocycles. The average Bonchev–Trinajstić information content (AvgIpc) is 3.17. The largest absolute Gasteiger partial charge is 0.338 e. The summed E-state index contributed by atoms with van der Waals surface area (Å²) in [5, 5.41) is 2.94. The molecule has 2 aliphatic heterocycles. The van der Waals surface area contributed by atoms with Crippen LogP contribution in [-0.2, 0) is 19.8 Å². The summed E-state index contributed by atoms with van der Waals surface area (Å²) >= 11 is 0. The number of rotatable bonds is 3. The zero-order chi connectivity index (χ0) is 19.1. The summed E-state index contributed by atoms with van der Waals surface area (Å²) in [6.07, 6.45) is 1.92. The Hall–Kier alpha value is -2.63. The van der Waals surface area contributed by atoms with Gasteiger partial charge in [-0.1, -0.05) is 26.5 Å². The van der Waals surface area contributed by atoms with Gasteiger partial charge >= 0.3 is 0 Å². The van der Waals surface area contributed by atoms with Gasteiger partial charge in [-0.15, -0.1) is 0 Å². The number of carbonyl (C=O) groups excluding carboxylic acids is 3. The van der Waals surface area contributed by atoms with Gasteiger partial charge in [0.05, 0.1) is 5.92 Å². The molecular formula is C20H25N3O3. The number of amides is 3. The number of nitrogens with zero attached hydrogens (tertiary/aromatic N) is 2. The lowest BCUT2D eigenvalue weighted by Crippen LogP contribution is -2.32. The van der Waals surface area contributed by atoms with Gasteiger partial charge < -0.3 is 15.1 Å². The SMILES string of the molecule is C=CC(=O)N1CC[C@H](C(=O)Nc2ccc3c(c2)N(C(C)=O)CC3(C)C)C1. The van der Waals surface area contributed by atoms with Crippen molar-refractivity contribution in [2.75, 3.05) is 29.9 Å². The molecule has 2 heterocycles. The van der Waals surface area contributed by atoms with E-state index in [1.54, 1.807) is 16.7 Å². The van der Waals surface area contributed by atoms with Crippen LogP contribution in [0, 0.1) is 5.92 Å². The van der Waals surface area contributed by atoms with Crippen LogP contribution in [0.3, 0.4) is 0 Å². The fourth-order valence-corrected chi connectivity index (χ4v) is 3.80. The first kappa shape index (κ1) is 18.2. The Morgan fingerprint density at radius 1 is 1.31 bits per heavy atom. The number of fused-ring (bicyclic) bond motifs is 1. The number of likely N-dealkylation sites (tertiary alicyclic amines) is 1. The molecule has 0 saturated carbocycles. The summed E-state index contributed by atoms with van der Waals surface area (Å²) in [7, 11) is 0. The summed E-state index contributed by atoms with van der Waals surface area (Å²) in [6.45, 7) is 10.9. The van der Waals surface area contributed by atoms with Crippen LogP contribution >= 0.6 is 0 Å². The van der Waals surface area contributed by atoms with Crippen LogP contribution in [0.25, 0.3) is 0 Å². The normalized spacial score (nSPS) is 20.7. The Balaban J connectivity index is 1.75. The monoisotopic (exact) mass is 355 g/mol. The second-order valence-corrected chi connectivity index (χ2v) is 7.68. The zero-order valence-electron chi connectivity index (χ0n) is 15.5. The van der Waals surface area contributed by atoms with Gasteiger partial charge in [0.25, 0.3) is 0 Å². The van der Waals surface area contributed by atoms with Crippen LogP contribution in [0.4, 0.5) is 11.4 Å². The van der Waals surface area contributed by atoms with Crippen molar-refractivity contribution in [3.63, 3.8) is 0 Å². The Kier molecular flexibility index (Phi) is 4.61. The number of hydrogen-bond donors (Lipinski definition) is 1. The fraction of sp³-hybridized carbons (Fsp3) is 0.450. The minimum atomic E-state index is -0.229. The van der Waals surface area contributed by atoms with Gasteiger partial charge in [-0.05, 0) is 30.2 Å². The molecule has 2 aliphatic rings. The van der Waals surface area contributed by atoms with E-state index in [4.69, 9.17) is 0 Å². The van der Waals surface area contributed by atoms with E-state index in [0.29, 0.717) is 31.7 Å². The maximum absolute atomic E-state index is 12.6. The standard InChI is InChI=1S/C20H25N3O3/c1-5-18(25)22-9-8-14(11-22)19(26)21-15-6-7-16-17(10-15)23(13(2)24)12-20(16,3)4/h5-7,10,14H,1,8-9,11-12H2,2-4H3,(H,21,26)/t14-/m0/s1. The van der Waals surface area contributed by atoms with E-state index in [-0.39, 0.29) is 29.1 Å². The molecule has 3 amide bonds. The van der Waals surface area contributed by atoms with Gasteiger partial charge in [0.15, 0.2) is 0 Å². The number of hydrogen-bond acceptors (Lipinski definition) is 3. The molecule has 1 atom stereocenters. The topological polar surface area (TPSA) is 69.7 Å². The molecule has 1 N–H and O–H groups in total. The van der Waals surface area contributed by atoms with Crippen molar-refractivity contribution in [2.45, 2.75) is 32.6 Å². The predicted molar refractivity (Wildman–Crippen MR) is 101 cm³/mol. The van der Waals surface area contributed by atoms with Crippen molar-refractivity contribution < 1.29 is 14.4 Å². The van der Waals surface area contributed by atoms with Crippen LogP contribution in [0.15, 0.2) is 30.9 Å². The van der Waals surface area contributed by atoms with E-state index in [9.17, 15) is 14.4 Å². The van der Waals surface area contributed by atoms with Gasteiger partial charge in [0.1, 0.15) is 0 Å². The van der Waals surface area contributed by atoms with Gasteiger partial charge in [-0.3, -0.25) is 14.4 Å². The first-order chi connectivity index (χ1) is 12.2. The smallest absolute Gasteiger partial charge is 0.245 e. The van der Waals surface area contributed by atoms with Crippen molar-refractivity contribution in [3.8, 4) is 0 Å². The molecule has 6 nitrogen and oxygen atoms in total. The molecular weight excluding hydrogens is 330 g/mol. The Labute approximate surface area is 153 Å². The van der Waals surface area contributed by atoms with Crippen LogP contribution in [0.1, 0.15) is 32.8 Å². The summed E-state index contributed by atoms with van der Waals surface area (Å²) in [6, 6.07) is 5.73. The maximum Gasteiger partial charge on any atom is 0.245 e. The minimum absolute atomic E-state index is 0.00493. The van der Waals surface area contributed by atoms with Crippen molar-refractivity contribution in [1.29, 1.82) is 0 Å². The molecule has 1 fully saturated rings. The first-order valence-electron chi connectivity index (χ1n) is 8.88. The highest BCUT2D eigenvalue weighted by Crippen LogP contribution is 2.41. The van der Waals surface area contributed by atoms with E-state index >= 15 is 0 Å². The lowest BCUT2D eigenvalue weighted by molar-refractivity contribution is -0.125. The number of anilines is 2. The molecule has 6 heteroatoms. The molecule has 1 aromatic carbocycles. The van der Waals surface area contributed by atoms with Crippen molar-refractivity contribution in [3.05, 3.63) is 36.4 Å². The number of carbonyl (C=O) groups is 3. The third kappa shape index (κ3) is 3.23. The number of nitrogens with one attached hydrogen (secondary N) is 1. The molecule has 26 heavy (non-hydrogen) atoms. The molecule has 0 aliphatic carbocycles. The molecule has 0 radical (unpaired) electrons. The second kappa shape index (κ2) is 6.59. The summed E-state index contributed by atoms with van der Waals surface area (Å²) in [5.74, 6) is -0.477. The fourth-order valence-electron chi connectivity index (χ4n) is 3.80. The lowest BCUT2D eigenvalue weighted by atomic mass is 9.87. The zero-order valence-corrected chi connectivity index (χ0v) is 15.5. The summed E-state index contributed by atoms with van der Waals surface area (Å²) in [4.78, 5) is 39.6.